The van der Waals surface area contributed by atoms with Gasteiger partial charge in [0.1, 0.15) is 5.60 Å². The number of carbonyl (C=O) groups is 2. The van der Waals surface area contributed by atoms with Crippen LogP contribution in [-0.2, 0) is 16.1 Å². The third-order valence-electron chi connectivity index (χ3n) is 6.63. The zero-order valence-corrected chi connectivity index (χ0v) is 21.9. The summed E-state index contributed by atoms with van der Waals surface area (Å²) < 4.78 is 12.1. The van der Waals surface area contributed by atoms with Gasteiger partial charge in [-0.3, -0.25) is 9.59 Å². The van der Waals surface area contributed by atoms with Crippen molar-refractivity contribution in [3.05, 3.63) is 95.6 Å². The summed E-state index contributed by atoms with van der Waals surface area (Å²) in [7, 11) is 1.63. The van der Waals surface area contributed by atoms with Crippen LogP contribution in [0.2, 0.25) is 0 Å². The Morgan fingerprint density at radius 1 is 1.08 bits per heavy atom. The van der Waals surface area contributed by atoms with Crippen molar-refractivity contribution in [3.63, 3.8) is 0 Å². The number of hydrogen-bond donors (Lipinski definition) is 1. The van der Waals surface area contributed by atoms with Crippen molar-refractivity contribution in [3.8, 4) is 11.5 Å². The van der Waals surface area contributed by atoms with E-state index in [1.54, 1.807) is 13.2 Å². The second-order valence-corrected chi connectivity index (χ2v) is 10.2. The van der Waals surface area contributed by atoms with Crippen molar-refractivity contribution in [1.82, 2.24) is 0 Å². The van der Waals surface area contributed by atoms with Crippen LogP contribution in [0.25, 0.3) is 12.2 Å². The Labute approximate surface area is 223 Å². The van der Waals surface area contributed by atoms with E-state index >= 15 is 0 Å². The van der Waals surface area contributed by atoms with E-state index < -0.39 is 5.60 Å². The first kappa shape index (κ1) is 25.3. The number of nitrogens with one attached hydrogen (secondary N) is 1. The maximum absolute atomic E-state index is 13.4. The van der Waals surface area contributed by atoms with Crippen LogP contribution >= 0.6 is 0 Å². The van der Waals surface area contributed by atoms with E-state index in [9.17, 15) is 9.59 Å². The summed E-state index contributed by atoms with van der Waals surface area (Å²) in [6, 6.07) is 21.0. The lowest BCUT2D eigenvalue weighted by molar-refractivity contribution is -0.120. The predicted octanol–water partition coefficient (Wildman–Crippen LogP) is 6.47. The molecule has 38 heavy (non-hydrogen) atoms. The molecule has 1 N–H and O–H groups in total. The summed E-state index contributed by atoms with van der Waals surface area (Å²) in [6.45, 7) is 4.35. The Hall–Kier alpha value is -4.32. The number of fused-ring (bicyclic) bond motifs is 1. The summed E-state index contributed by atoms with van der Waals surface area (Å²) in [4.78, 5) is 27.6. The molecular formula is C32H32N2O4. The zero-order chi connectivity index (χ0) is 26.7. The fourth-order valence-electron chi connectivity index (χ4n) is 4.48. The van der Waals surface area contributed by atoms with Gasteiger partial charge in [0.15, 0.2) is 11.5 Å². The van der Waals surface area contributed by atoms with E-state index in [-0.39, 0.29) is 17.7 Å². The molecule has 0 saturated heterocycles. The van der Waals surface area contributed by atoms with Crippen LogP contribution < -0.4 is 19.7 Å². The molecule has 5 rings (SSSR count). The predicted molar refractivity (Wildman–Crippen MR) is 151 cm³/mol. The largest absolute Gasteiger partial charge is 0.492 e. The molecule has 1 heterocycles. The van der Waals surface area contributed by atoms with Gasteiger partial charge in [0.2, 0.25) is 11.8 Å². The molecule has 1 fully saturated rings. The average Bonchev–Trinajstić information content (AvgIpc) is 3.76. The smallest absolute Gasteiger partial charge is 0.248 e. The standard InChI is InChI=1S/C32H32N2O4/c1-32(2)19-18-23-13-16-25(29(37-3)30(23)38-32)21-34(31(36)24-14-15-24)27-11-7-8-22(20-27)12-17-28(35)33-26-9-5-4-6-10-26/h4-13,16-20,24H,14-15,21H2,1-3H3,(H,33,35)/b17-12+. The quantitative estimate of drug-likeness (QED) is 0.354. The molecular weight excluding hydrogens is 476 g/mol. The van der Waals surface area contributed by atoms with E-state index in [0.717, 1.165) is 40.9 Å². The Bertz CT molecular complexity index is 1400. The minimum Gasteiger partial charge on any atom is -0.492 e. The Kier molecular flexibility index (Phi) is 7.05. The lowest BCUT2D eigenvalue weighted by atomic mass is 9.99. The van der Waals surface area contributed by atoms with Crippen LogP contribution in [0.15, 0.2) is 78.9 Å². The van der Waals surface area contributed by atoms with Crippen LogP contribution in [0.5, 0.6) is 11.5 Å². The molecule has 1 aliphatic heterocycles. The highest BCUT2D eigenvalue weighted by Crippen LogP contribution is 2.42. The molecule has 1 aliphatic carbocycles. The lowest BCUT2D eigenvalue weighted by Crippen LogP contribution is -2.32. The van der Waals surface area contributed by atoms with Crippen LogP contribution in [0.3, 0.4) is 0 Å². The van der Waals surface area contributed by atoms with Crippen molar-refractivity contribution in [2.75, 3.05) is 17.3 Å². The SMILES string of the molecule is COc1c(CN(C(=O)C2CC2)c2cccc(/C=C/C(=O)Nc3ccccc3)c2)ccc2c1OC(C)(C)C=C2. The van der Waals surface area contributed by atoms with Crippen molar-refractivity contribution in [2.24, 2.45) is 5.92 Å². The van der Waals surface area contributed by atoms with E-state index in [1.807, 2.05) is 97.6 Å². The highest BCUT2D eigenvalue weighted by molar-refractivity contribution is 6.02. The van der Waals surface area contributed by atoms with Gasteiger partial charge in [-0.25, -0.2) is 0 Å². The number of nitrogens with zero attached hydrogens (tertiary/aromatic N) is 1. The minimum absolute atomic E-state index is 0.0348. The van der Waals surface area contributed by atoms with Gasteiger partial charge in [0.25, 0.3) is 0 Å². The maximum atomic E-state index is 13.4. The molecule has 0 radical (unpaired) electrons. The summed E-state index contributed by atoms with van der Waals surface area (Å²) in [5.41, 5.74) is 3.70. The molecule has 0 bridgehead atoms. The van der Waals surface area contributed by atoms with Crippen LogP contribution in [0, 0.1) is 5.92 Å². The number of benzene rings is 3. The fourth-order valence-corrected chi connectivity index (χ4v) is 4.48. The first-order valence-corrected chi connectivity index (χ1v) is 12.9. The zero-order valence-electron chi connectivity index (χ0n) is 21.9. The summed E-state index contributed by atoms with van der Waals surface area (Å²) in [6.07, 6.45) is 9.12. The van der Waals surface area contributed by atoms with Crippen molar-refractivity contribution < 1.29 is 19.1 Å². The van der Waals surface area contributed by atoms with Gasteiger partial charge in [-0.05, 0) is 68.7 Å². The Balaban J connectivity index is 1.41. The number of ether oxygens (including phenoxy) is 2. The molecule has 0 spiro atoms. The van der Waals surface area contributed by atoms with Gasteiger partial charge in [0.05, 0.1) is 13.7 Å². The lowest BCUT2D eigenvalue weighted by Gasteiger charge is -2.31. The number of para-hydroxylation sites is 1. The monoisotopic (exact) mass is 508 g/mol. The van der Waals surface area contributed by atoms with Gasteiger partial charge >= 0.3 is 0 Å². The van der Waals surface area contributed by atoms with E-state index in [0.29, 0.717) is 18.0 Å². The third-order valence-corrected chi connectivity index (χ3v) is 6.63. The van der Waals surface area contributed by atoms with E-state index in [1.165, 1.54) is 6.08 Å². The van der Waals surface area contributed by atoms with Crippen LogP contribution in [0.4, 0.5) is 11.4 Å². The first-order valence-electron chi connectivity index (χ1n) is 12.9. The fraction of sp³-hybridized carbons (Fsp3) is 0.250. The number of anilines is 2. The van der Waals surface area contributed by atoms with Crippen molar-refractivity contribution in [1.29, 1.82) is 0 Å². The van der Waals surface area contributed by atoms with Crippen molar-refractivity contribution in [2.45, 2.75) is 38.8 Å². The Morgan fingerprint density at radius 3 is 2.61 bits per heavy atom. The van der Waals surface area contributed by atoms with Gasteiger partial charge < -0.3 is 19.7 Å². The molecule has 3 aromatic carbocycles. The molecule has 2 amide bonds. The van der Waals surface area contributed by atoms with Gasteiger partial charge in [-0.2, -0.15) is 0 Å². The first-order chi connectivity index (χ1) is 18.3. The van der Waals surface area contributed by atoms with Crippen molar-refractivity contribution >= 4 is 35.3 Å². The van der Waals surface area contributed by atoms with Crippen LogP contribution in [-0.4, -0.2) is 24.5 Å². The van der Waals surface area contributed by atoms with E-state index in [4.69, 9.17) is 9.47 Å². The second-order valence-electron chi connectivity index (χ2n) is 10.2. The number of hydrogen-bond acceptors (Lipinski definition) is 4. The molecule has 1 saturated carbocycles. The third kappa shape index (κ3) is 5.80. The molecule has 6 heteroatoms. The number of amides is 2. The van der Waals surface area contributed by atoms with Gasteiger partial charge in [-0.1, -0.05) is 48.5 Å². The molecule has 0 atom stereocenters. The molecule has 0 unspecified atom stereocenters. The normalized spacial score (nSPS) is 15.4. The second kappa shape index (κ2) is 10.6. The summed E-state index contributed by atoms with van der Waals surface area (Å²) in [5, 5.41) is 2.85. The molecule has 194 valence electrons. The molecule has 2 aliphatic rings. The molecule has 0 aromatic heterocycles. The summed E-state index contributed by atoms with van der Waals surface area (Å²) in [5.74, 6) is 1.24. The number of rotatable bonds is 8. The summed E-state index contributed by atoms with van der Waals surface area (Å²) >= 11 is 0. The van der Waals surface area contributed by atoms with Gasteiger partial charge in [0, 0.05) is 34.5 Å². The van der Waals surface area contributed by atoms with Crippen LogP contribution in [0.1, 0.15) is 43.4 Å². The number of carbonyl (C=O) groups excluding carboxylic acids is 2. The van der Waals surface area contributed by atoms with Gasteiger partial charge in [-0.15, -0.1) is 0 Å². The highest BCUT2D eigenvalue weighted by Gasteiger charge is 2.35. The van der Waals surface area contributed by atoms with E-state index in [2.05, 4.69) is 5.32 Å². The minimum atomic E-state index is -0.449. The molecule has 3 aromatic rings. The maximum Gasteiger partial charge on any atom is 0.248 e. The number of methoxy groups -OCH3 is 1. The topological polar surface area (TPSA) is 67.9 Å². The highest BCUT2D eigenvalue weighted by atomic mass is 16.5. The average molecular weight is 509 g/mol. The molecule has 6 nitrogen and oxygen atoms in total. The Morgan fingerprint density at radius 2 is 1.87 bits per heavy atom.